The molecule has 1 rings (SSSR count). The number of allylic oxidation sites excluding steroid dienone is 2. The number of carboxylic acid groups (broad SMARTS) is 1. The van der Waals surface area contributed by atoms with Crippen molar-refractivity contribution >= 4 is 17.0 Å². The first-order valence-electron chi connectivity index (χ1n) is 2.77. The van der Waals surface area contributed by atoms with E-state index in [4.69, 9.17) is 9.90 Å². The van der Waals surface area contributed by atoms with Gasteiger partial charge in [-0.25, -0.2) is 4.79 Å². The molecule has 9 heavy (non-hydrogen) atoms. The largest absolute Gasteiger partial charge is 0.469 e. The zero-order valence-electron chi connectivity index (χ0n) is 5.01. The van der Waals surface area contributed by atoms with Crippen molar-refractivity contribution in [3.63, 3.8) is 0 Å². The Hall–Kier alpha value is -0.500. The van der Waals surface area contributed by atoms with Crippen molar-refractivity contribution in [2.24, 2.45) is 0 Å². The van der Waals surface area contributed by atoms with Crippen LogP contribution in [0.25, 0.3) is 0 Å². The van der Waals surface area contributed by atoms with Crippen LogP contribution in [0.2, 0.25) is 0 Å². The van der Waals surface area contributed by atoms with E-state index in [0.717, 1.165) is 0 Å². The van der Waals surface area contributed by atoms with Gasteiger partial charge in [-0.15, -0.1) is 0 Å². The fourth-order valence-electron chi connectivity index (χ4n) is 0.589. The van der Waals surface area contributed by atoms with Crippen LogP contribution in [0.5, 0.6) is 0 Å². The third-order valence-electron chi connectivity index (χ3n) is 0.908. The second kappa shape index (κ2) is 5.63. The van der Waals surface area contributed by atoms with Crippen LogP contribution in [0, 0.1) is 0 Å². The van der Waals surface area contributed by atoms with Gasteiger partial charge in [0.05, 0.1) is 0 Å². The first-order valence-corrected chi connectivity index (χ1v) is 3.14. The Morgan fingerprint density at radius 3 is 1.89 bits per heavy atom. The van der Waals surface area contributed by atoms with Crippen LogP contribution in [0.4, 0.5) is 4.79 Å². The lowest BCUT2D eigenvalue weighted by Crippen LogP contribution is -1.66. The average Bonchev–Trinajstić information content (AvgIpc) is 2.11. The summed E-state index contributed by atoms with van der Waals surface area (Å²) >= 11 is 4.19. The van der Waals surface area contributed by atoms with Gasteiger partial charge in [-0.1, -0.05) is 12.2 Å². The zero-order chi connectivity index (χ0) is 7.11. The molecule has 0 aliphatic heterocycles. The third-order valence-corrected chi connectivity index (χ3v) is 0.908. The van der Waals surface area contributed by atoms with E-state index in [0.29, 0.717) is 0 Å². The Morgan fingerprint density at radius 2 is 1.78 bits per heavy atom. The molecule has 1 aliphatic rings. The molecular weight excluding hydrogens is 140 g/mol. The molecule has 0 radical (unpaired) electrons. The normalized spacial score (nSPS) is 14.3. The van der Waals surface area contributed by atoms with Crippen LogP contribution < -0.4 is 0 Å². The first-order chi connectivity index (χ1) is 4.23. The highest BCUT2D eigenvalue weighted by Gasteiger charge is 1.84. The van der Waals surface area contributed by atoms with Crippen LogP contribution in [0.15, 0.2) is 12.2 Å². The fourth-order valence-corrected chi connectivity index (χ4v) is 0.589. The van der Waals surface area contributed by atoms with Gasteiger partial charge in [0.15, 0.2) is 0 Å². The van der Waals surface area contributed by atoms with E-state index in [9.17, 15) is 0 Å². The van der Waals surface area contributed by atoms with Crippen molar-refractivity contribution in [3.8, 4) is 0 Å². The highest BCUT2D eigenvalue weighted by molar-refractivity contribution is 6.60. The number of hydrogen-bond acceptors (Lipinski definition) is 1. The zero-order valence-corrected chi connectivity index (χ0v) is 5.77. The Balaban J connectivity index is 0.000000148. The van der Waals surface area contributed by atoms with Crippen LogP contribution in [-0.4, -0.2) is 10.5 Å². The molecule has 3 heteroatoms. The molecule has 1 N–H and O–H groups in total. The second-order valence-electron chi connectivity index (χ2n) is 1.66. The summed E-state index contributed by atoms with van der Waals surface area (Å²) in [5.41, 5.74) is -1.36. The van der Waals surface area contributed by atoms with Gasteiger partial charge >= 0.3 is 5.43 Å². The van der Waals surface area contributed by atoms with Gasteiger partial charge in [-0.3, -0.25) is 0 Å². The number of carbonyl (C=O) groups is 1. The summed E-state index contributed by atoms with van der Waals surface area (Å²) in [5, 5.41) is 7.18. The SMILES string of the molecule is C1=CCCC1.O=C(O)Cl. The smallest absolute Gasteiger partial charge is 0.401 e. The Bertz CT molecular complexity index is 99.6. The van der Waals surface area contributed by atoms with Gasteiger partial charge in [0, 0.05) is 11.6 Å². The lowest BCUT2D eigenvalue weighted by atomic mass is 10.4. The lowest BCUT2D eigenvalue weighted by Gasteiger charge is -1.69. The van der Waals surface area contributed by atoms with Gasteiger partial charge in [-0.2, -0.15) is 0 Å². The van der Waals surface area contributed by atoms with E-state index in [1.807, 2.05) is 0 Å². The van der Waals surface area contributed by atoms with Gasteiger partial charge < -0.3 is 5.11 Å². The predicted molar refractivity (Wildman–Crippen MR) is 36.9 cm³/mol. The molecule has 52 valence electrons. The maximum absolute atomic E-state index is 8.77. The second-order valence-corrected chi connectivity index (χ2v) is 1.98. The van der Waals surface area contributed by atoms with Crippen LogP contribution in [0.1, 0.15) is 19.3 Å². The van der Waals surface area contributed by atoms with E-state index >= 15 is 0 Å². The summed E-state index contributed by atoms with van der Waals surface area (Å²) < 4.78 is 0. The molecule has 0 saturated heterocycles. The molecule has 0 heterocycles. The summed E-state index contributed by atoms with van der Waals surface area (Å²) in [6.45, 7) is 0. The molecule has 0 amide bonds. The average molecular weight is 149 g/mol. The van der Waals surface area contributed by atoms with Crippen molar-refractivity contribution < 1.29 is 9.90 Å². The molecule has 0 bridgehead atoms. The predicted octanol–water partition coefficient (Wildman–Crippen LogP) is 2.63. The minimum absolute atomic E-state index is 1.32. The molecule has 0 aromatic rings. The Kier molecular flexibility index (Phi) is 5.32. The van der Waals surface area contributed by atoms with E-state index < -0.39 is 5.43 Å². The van der Waals surface area contributed by atoms with Gasteiger partial charge in [0.25, 0.3) is 0 Å². The van der Waals surface area contributed by atoms with Gasteiger partial charge in [-0.05, 0) is 19.3 Å². The molecule has 0 fully saturated rings. The Morgan fingerprint density at radius 1 is 1.44 bits per heavy atom. The van der Waals surface area contributed by atoms with Crippen LogP contribution >= 0.6 is 11.6 Å². The molecular formula is C6H9ClO2. The van der Waals surface area contributed by atoms with Crippen molar-refractivity contribution in [3.05, 3.63) is 12.2 Å². The minimum atomic E-state index is -1.36. The maximum atomic E-state index is 8.77. The highest BCUT2D eigenvalue weighted by Crippen LogP contribution is 2.05. The number of halogens is 1. The summed E-state index contributed by atoms with van der Waals surface area (Å²) in [5.74, 6) is 0. The van der Waals surface area contributed by atoms with E-state index in [1.165, 1.54) is 19.3 Å². The number of hydrogen-bond donors (Lipinski definition) is 1. The molecule has 1 aliphatic carbocycles. The molecule has 0 unspecified atom stereocenters. The summed E-state index contributed by atoms with van der Waals surface area (Å²) in [6.07, 6.45) is 8.50. The molecule has 0 aromatic heterocycles. The van der Waals surface area contributed by atoms with Crippen molar-refractivity contribution in [2.45, 2.75) is 19.3 Å². The topological polar surface area (TPSA) is 37.3 Å². The van der Waals surface area contributed by atoms with Crippen molar-refractivity contribution in [2.75, 3.05) is 0 Å². The number of rotatable bonds is 0. The Labute approximate surface area is 59.1 Å². The highest BCUT2D eigenvalue weighted by atomic mass is 35.5. The molecule has 2 nitrogen and oxygen atoms in total. The molecule has 0 atom stereocenters. The summed E-state index contributed by atoms with van der Waals surface area (Å²) in [6, 6.07) is 0. The molecule has 0 saturated carbocycles. The van der Waals surface area contributed by atoms with Crippen LogP contribution in [-0.2, 0) is 0 Å². The minimum Gasteiger partial charge on any atom is -0.469 e. The molecule has 0 aromatic carbocycles. The van der Waals surface area contributed by atoms with E-state index in [2.05, 4.69) is 23.8 Å². The lowest BCUT2D eigenvalue weighted by molar-refractivity contribution is 0.220. The quantitative estimate of drug-likeness (QED) is 0.424. The monoisotopic (exact) mass is 148 g/mol. The van der Waals surface area contributed by atoms with E-state index in [1.54, 1.807) is 0 Å². The summed E-state index contributed by atoms with van der Waals surface area (Å²) in [4.78, 5) is 8.77. The fraction of sp³-hybridized carbons (Fsp3) is 0.500. The van der Waals surface area contributed by atoms with Crippen LogP contribution in [0.3, 0.4) is 0 Å². The van der Waals surface area contributed by atoms with Gasteiger partial charge in [0.1, 0.15) is 0 Å². The van der Waals surface area contributed by atoms with Crippen molar-refractivity contribution in [1.29, 1.82) is 0 Å². The summed E-state index contributed by atoms with van der Waals surface area (Å²) in [7, 11) is 0. The first kappa shape index (κ1) is 8.50. The van der Waals surface area contributed by atoms with Gasteiger partial charge in [0.2, 0.25) is 0 Å². The maximum Gasteiger partial charge on any atom is 0.401 e. The van der Waals surface area contributed by atoms with Crippen molar-refractivity contribution in [1.82, 2.24) is 0 Å². The standard InChI is InChI=1S/C5H8.CHClO2/c1-2-4-5-3-1;2-1(3)4/h1-2H,3-5H2;(H,3,4). The molecule has 0 spiro atoms. The third kappa shape index (κ3) is 11.2. The van der Waals surface area contributed by atoms with E-state index in [-0.39, 0.29) is 0 Å².